The van der Waals surface area contributed by atoms with Crippen LogP contribution in [0.25, 0.3) is 0 Å². The Kier molecular flexibility index (Phi) is 6.17. The fourth-order valence-electron chi connectivity index (χ4n) is 1.93. The number of benzene rings is 1. The van der Waals surface area contributed by atoms with E-state index >= 15 is 0 Å². The van der Waals surface area contributed by atoms with Crippen molar-refractivity contribution < 1.29 is 0 Å². The van der Waals surface area contributed by atoms with Crippen LogP contribution in [0.15, 0.2) is 18.2 Å². The lowest BCUT2D eigenvalue weighted by molar-refractivity contribution is 0.670. The third-order valence-corrected chi connectivity index (χ3v) is 3.98. The molecule has 0 aromatic heterocycles. The van der Waals surface area contributed by atoms with Gasteiger partial charge in [0.1, 0.15) is 0 Å². The lowest BCUT2D eigenvalue weighted by Crippen LogP contribution is -2.34. The number of nitrogens with two attached hydrogens (primary N) is 1. The predicted octanol–water partition coefficient (Wildman–Crippen LogP) is 3.38. The summed E-state index contributed by atoms with van der Waals surface area (Å²) in [5.41, 5.74) is 8.08. The van der Waals surface area contributed by atoms with E-state index < -0.39 is 0 Å². The fourth-order valence-corrected chi connectivity index (χ4v) is 2.94. The first-order valence-corrected chi connectivity index (χ1v) is 7.61. The quantitative estimate of drug-likeness (QED) is 0.861. The van der Waals surface area contributed by atoms with Gasteiger partial charge in [0.15, 0.2) is 0 Å². The van der Waals surface area contributed by atoms with Crippen LogP contribution >= 0.6 is 23.4 Å². The average molecular weight is 273 g/mol. The van der Waals surface area contributed by atoms with Crippen LogP contribution in [0, 0.1) is 0 Å². The number of hydrogen-bond donors (Lipinski definition) is 1. The van der Waals surface area contributed by atoms with Gasteiger partial charge < -0.3 is 10.6 Å². The van der Waals surface area contributed by atoms with E-state index in [4.69, 9.17) is 17.3 Å². The highest BCUT2D eigenvalue weighted by atomic mass is 35.5. The van der Waals surface area contributed by atoms with Crippen molar-refractivity contribution >= 4 is 29.1 Å². The van der Waals surface area contributed by atoms with Crippen molar-refractivity contribution in [2.75, 3.05) is 24.0 Å². The second kappa shape index (κ2) is 7.14. The van der Waals surface area contributed by atoms with E-state index in [0.29, 0.717) is 12.6 Å². The highest BCUT2D eigenvalue weighted by Gasteiger charge is 2.15. The van der Waals surface area contributed by atoms with Gasteiger partial charge in [-0.15, -0.1) is 0 Å². The van der Waals surface area contributed by atoms with Crippen molar-refractivity contribution in [1.29, 1.82) is 0 Å². The predicted molar refractivity (Wildman–Crippen MR) is 80.2 cm³/mol. The number of nitrogens with zero attached hydrogens (tertiary/aromatic N) is 1. The minimum Gasteiger partial charge on any atom is -0.370 e. The summed E-state index contributed by atoms with van der Waals surface area (Å²) in [6.07, 6.45) is 3.26. The fraction of sp³-hybridized carbons (Fsp3) is 0.538. The monoisotopic (exact) mass is 272 g/mol. The molecule has 1 atom stereocenters. The Morgan fingerprint density at radius 3 is 2.71 bits per heavy atom. The van der Waals surface area contributed by atoms with E-state index in [2.05, 4.69) is 25.1 Å². The number of halogens is 1. The molecule has 0 aliphatic heterocycles. The van der Waals surface area contributed by atoms with Gasteiger partial charge in [-0.05, 0) is 30.4 Å². The summed E-state index contributed by atoms with van der Waals surface area (Å²) in [5, 5.41) is 0.767. The van der Waals surface area contributed by atoms with Gasteiger partial charge >= 0.3 is 0 Å². The first-order valence-electron chi connectivity index (χ1n) is 5.84. The van der Waals surface area contributed by atoms with Crippen molar-refractivity contribution in [2.24, 2.45) is 5.73 Å². The third-order valence-electron chi connectivity index (χ3n) is 3.03. The molecule has 0 amide bonds. The zero-order chi connectivity index (χ0) is 12.8. The van der Waals surface area contributed by atoms with Gasteiger partial charge in [0.05, 0.1) is 0 Å². The molecule has 2 N–H and O–H groups in total. The first kappa shape index (κ1) is 14.7. The maximum Gasteiger partial charge on any atom is 0.0426 e. The number of anilines is 1. The summed E-state index contributed by atoms with van der Waals surface area (Å²) in [6.45, 7) is 2.76. The van der Waals surface area contributed by atoms with Crippen molar-refractivity contribution in [3.8, 4) is 0 Å². The zero-order valence-corrected chi connectivity index (χ0v) is 12.3. The smallest absolute Gasteiger partial charge is 0.0426 e. The molecule has 17 heavy (non-hydrogen) atoms. The average Bonchev–Trinajstić information content (AvgIpc) is 2.35. The van der Waals surface area contributed by atoms with E-state index in [1.54, 1.807) is 0 Å². The van der Waals surface area contributed by atoms with Crippen LogP contribution in [0.1, 0.15) is 18.9 Å². The van der Waals surface area contributed by atoms with Crippen molar-refractivity contribution in [3.05, 3.63) is 28.8 Å². The van der Waals surface area contributed by atoms with Crippen molar-refractivity contribution in [1.82, 2.24) is 0 Å². The molecule has 0 fully saturated rings. The third kappa shape index (κ3) is 3.80. The highest BCUT2D eigenvalue weighted by Crippen LogP contribution is 2.26. The maximum absolute atomic E-state index is 6.07. The summed E-state index contributed by atoms with van der Waals surface area (Å²) in [6, 6.07) is 6.44. The molecule has 1 rings (SSSR count). The number of hydrogen-bond acceptors (Lipinski definition) is 3. The standard InChI is InChI=1S/C13H21ClN2S/c1-4-12(9-17-3)16(2)13-7-11(14)6-5-10(13)8-15/h5-7,12H,4,8-9,15H2,1-3H3. The molecular weight excluding hydrogens is 252 g/mol. The van der Waals surface area contributed by atoms with Gasteiger partial charge in [0, 0.05) is 36.1 Å². The van der Waals surface area contributed by atoms with Gasteiger partial charge in [-0.3, -0.25) is 0 Å². The van der Waals surface area contributed by atoms with Crippen molar-refractivity contribution in [2.45, 2.75) is 25.9 Å². The molecule has 0 saturated heterocycles. The number of rotatable bonds is 6. The summed E-state index contributed by atoms with van der Waals surface area (Å²) < 4.78 is 0. The molecular formula is C13H21ClN2S. The molecule has 1 unspecified atom stereocenters. The summed E-state index contributed by atoms with van der Waals surface area (Å²) in [7, 11) is 2.12. The molecule has 0 saturated carbocycles. The van der Waals surface area contributed by atoms with Crippen LogP contribution in [0.4, 0.5) is 5.69 Å². The summed E-state index contributed by atoms with van der Waals surface area (Å²) in [4.78, 5) is 2.30. The van der Waals surface area contributed by atoms with E-state index in [-0.39, 0.29) is 0 Å². The van der Waals surface area contributed by atoms with E-state index in [9.17, 15) is 0 Å². The molecule has 0 aliphatic carbocycles. The second-order valence-corrected chi connectivity index (χ2v) is 5.45. The molecule has 2 nitrogen and oxygen atoms in total. The van der Waals surface area contributed by atoms with Gasteiger partial charge in [-0.1, -0.05) is 24.6 Å². The van der Waals surface area contributed by atoms with Crippen LogP contribution in [0.3, 0.4) is 0 Å². The largest absolute Gasteiger partial charge is 0.370 e. The lowest BCUT2D eigenvalue weighted by Gasteiger charge is -2.30. The van der Waals surface area contributed by atoms with Gasteiger partial charge in [0.2, 0.25) is 0 Å². The molecule has 0 radical (unpaired) electrons. The molecule has 0 spiro atoms. The Hall–Kier alpha value is -0.380. The lowest BCUT2D eigenvalue weighted by atomic mass is 10.1. The second-order valence-electron chi connectivity index (χ2n) is 4.11. The van der Waals surface area contributed by atoms with E-state index in [1.807, 2.05) is 30.0 Å². The SMILES string of the molecule is CCC(CSC)N(C)c1cc(Cl)ccc1CN. The minimum absolute atomic E-state index is 0.522. The summed E-state index contributed by atoms with van der Waals surface area (Å²) in [5.74, 6) is 1.11. The molecule has 0 bridgehead atoms. The van der Waals surface area contributed by atoms with E-state index in [1.165, 1.54) is 0 Å². The Morgan fingerprint density at radius 1 is 1.47 bits per heavy atom. The normalized spacial score (nSPS) is 12.5. The zero-order valence-electron chi connectivity index (χ0n) is 10.7. The Bertz CT molecular complexity index is 357. The van der Waals surface area contributed by atoms with Crippen LogP contribution in [-0.4, -0.2) is 25.1 Å². The topological polar surface area (TPSA) is 29.3 Å². The molecule has 4 heteroatoms. The van der Waals surface area contributed by atoms with Crippen LogP contribution in [0.5, 0.6) is 0 Å². The highest BCUT2D eigenvalue weighted by molar-refractivity contribution is 7.98. The van der Waals surface area contributed by atoms with Gasteiger partial charge in [-0.2, -0.15) is 11.8 Å². The molecule has 1 aromatic rings. The molecule has 96 valence electrons. The molecule has 0 heterocycles. The Morgan fingerprint density at radius 2 is 2.18 bits per heavy atom. The minimum atomic E-state index is 0.522. The molecule has 0 aliphatic rings. The van der Waals surface area contributed by atoms with Crippen LogP contribution < -0.4 is 10.6 Å². The van der Waals surface area contributed by atoms with Gasteiger partial charge in [-0.25, -0.2) is 0 Å². The molecule has 1 aromatic carbocycles. The summed E-state index contributed by atoms with van der Waals surface area (Å²) >= 11 is 7.94. The van der Waals surface area contributed by atoms with Crippen molar-refractivity contribution in [3.63, 3.8) is 0 Å². The van der Waals surface area contributed by atoms with E-state index in [0.717, 1.165) is 28.4 Å². The Balaban J connectivity index is 2.99. The maximum atomic E-state index is 6.07. The van der Waals surface area contributed by atoms with Crippen LogP contribution in [-0.2, 0) is 6.54 Å². The number of thioether (sulfide) groups is 1. The van der Waals surface area contributed by atoms with Gasteiger partial charge in [0.25, 0.3) is 0 Å². The Labute approximate surface area is 114 Å². The first-order chi connectivity index (χ1) is 8.13. The van der Waals surface area contributed by atoms with Crippen LogP contribution in [0.2, 0.25) is 5.02 Å².